The molecule has 0 spiro atoms. The number of rotatable bonds is 10. The highest BCUT2D eigenvalue weighted by Gasteiger charge is 2.07. The standard InChI is InChI=1S/C15H29N/c1-2-3-4-5-6-7-8-11-14-16-15-12-9-10-13-15/h9-10,15-16H,2-8,11-14H2,1H3. The third-order valence-corrected chi connectivity index (χ3v) is 3.47. The summed E-state index contributed by atoms with van der Waals surface area (Å²) < 4.78 is 0. The molecule has 94 valence electrons. The number of nitrogens with one attached hydrogen (secondary N) is 1. The van der Waals surface area contributed by atoms with Crippen molar-refractivity contribution in [2.24, 2.45) is 0 Å². The van der Waals surface area contributed by atoms with E-state index in [9.17, 15) is 0 Å². The molecular weight excluding hydrogens is 194 g/mol. The Balaban J connectivity index is 1.71. The summed E-state index contributed by atoms with van der Waals surface area (Å²) in [6, 6.07) is 0.754. The molecule has 0 amide bonds. The Morgan fingerprint density at radius 1 is 0.875 bits per heavy atom. The normalized spacial score (nSPS) is 16.1. The largest absolute Gasteiger partial charge is 0.313 e. The number of hydrogen-bond acceptors (Lipinski definition) is 1. The fourth-order valence-corrected chi connectivity index (χ4v) is 2.35. The summed E-state index contributed by atoms with van der Waals surface area (Å²) in [4.78, 5) is 0. The predicted octanol–water partition coefficient (Wildman–Crippen LogP) is 4.44. The van der Waals surface area contributed by atoms with Crippen LogP contribution < -0.4 is 5.32 Å². The van der Waals surface area contributed by atoms with E-state index in [1.807, 2.05) is 0 Å². The van der Waals surface area contributed by atoms with Crippen molar-refractivity contribution in [3.8, 4) is 0 Å². The first-order valence-electron chi connectivity index (χ1n) is 7.32. The minimum atomic E-state index is 0.754. The second-order valence-electron chi connectivity index (χ2n) is 5.07. The number of unbranched alkanes of at least 4 members (excludes halogenated alkanes) is 7. The highest BCUT2D eigenvalue weighted by atomic mass is 14.9. The molecule has 16 heavy (non-hydrogen) atoms. The van der Waals surface area contributed by atoms with E-state index in [1.165, 1.54) is 70.8 Å². The molecule has 0 aromatic carbocycles. The van der Waals surface area contributed by atoms with Crippen molar-refractivity contribution < 1.29 is 0 Å². The first kappa shape index (κ1) is 13.8. The Morgan fingerprint density at radius 3 is 2.06 bits per heavy atom. The van der Waals surface area contributed by atoms with Crippen LogP contribution in [0.4, 0.5) is 0 Å². The van der Waals surface area contributed by atoms with E-state index in [4.69, 9.17) is 0 Å². The molecular formula is C15H29N. The van der Waals surface area contributed by atoms with E-state index in [1.54, 1.807) is 0 Å². The first-order chi connectivity index (χ1) is 7.93. The van der Waals surface area contributed by atoms with Crippen LogP contribution >= 0.6 is 0 Å². The van der Waals surface area contributed by atoms with Gasteiger partial charge in [-0.2, -0.15) is 0 Å². The molecule has 1 nitrogen and oxygen atoms in total. The molecule has 0 saturated heterocycles. The summed E-state index contributed by atoms with van der Waals surface area (Å²) in [5.74, 6) is 0. The van der Waals surface area contributed by atoms with E-state index in [-0.39, 0.29) is 0 Å². The van der Waals surface area contributed by atoms with Gasteiger partial charge in [-0.15, -0.1) is 0 Å². The lowest BCUT2D eigenvalue weighted by Crippen LogP contribution is -2.27. The smallest absolute Gasteiger partial charge is 0.0136 e. The zero-order valence-electron chi connectivity index (χ0n) is 11.0. The van der Waals surface area contributed by atoms with Crippen LogP contribution in [0.2, 0.25) is 0 Å². The van der Waals surface area contributed by atoms with E-state index in [2.05, 4.69) is 24.4 Å². The van der Waals surface area contributed by atoms with Crippen molar-refractivity contribution in [3.63, 3.8) is 0 Å². The van der Waals surface area contributed by atoms with Gasteiger partial charge in [0, 0.05) is 6.04 Å². The molecule has 1 rings (SSSR count). The maximum Gasteiger partial charge on any atom is 0.0136 e. The summed E-state index contributed by atoms with van der Waals surface area (Å²) in [6.45, 7) is 3.50. The molecule has 0 bridgehead atoms. The van der Waals surface area contributed by atoms with Crippen LogP contribution in [0.15, 0.2) is 12.2 Å². The molecule has 0 fully saturated rings. The molecule has 0 unspecified atom stereocenters. The zero-order chi connectivity index (χ0) is 11.5. The van der Waals surface area contributed by atoms with E-state index >= 15 is 0 Å². The molecule has 0 aromatic heterocycles. The van der Waals surface area contributed by atoms with Crippen LogP contribution in [0.1, 0.15) is 71.1 Å². The average molecular weight is 223 g/mol. The van der Waals surface area contributed by atoms with Crippen molar-refractivity contribution in [2.45, 2.75) is 77.2 Å². The Morgan fingerprint density at radius 2 is 1.44 bits per heavy atom. The highest BCUT2D eigenvalue weighted by molar-refractivity contribution is 4.97. The van der Waals surface area contributed by atoms with E-state index in [0.29, 0.717) is 0 Å². The maximum absolute atomic E-state index is 3.63. The summed E-state index contributed by atoms with van der Waals surface area (Å²) in [6.07, 6.45) is 18.4. The molecule has 0 aromatic rings. The fourth-order valence-electron chi connectivity index (χ4n) is 2.35. The van der Waals surface area contributed by atoms with Gasteiger partial charge in [-0.3, -0.25) is 0 Å². The summed E-state index contributed by atoms with van der Waals surface area (Å²) >= 11 is 0. The van der Waals surface area contributed by atoms with E-state index in [0.717, 1.165) is 6.04 Å². The molecule has 0 aliphatic heterocycles. The minimum Gasteiger partial charge on any atom is -0.313 e. The van der Waals surface area contributed by atoms with E-state index < -0.39 is 0 Å². The Hall–Kier alpha value is -0.300. The lowest BCUT2D eigenvalue weighted by Gasteiger charge is -2.11. The van der Waals surface area contributed by atoms with Crippen molar-refractivity contribution in [1.82, 2.24) is 5.32 Å². The Kier molecular flexibility index (Phi) is 8.51. The van der Waals surface area contributed by atoms with Crippen LogP contribution in [0.3, 0.4) is 0 Å². The summed E-state index contributed by atoms with van der Waals surface area (Å²) in [5.41, 5.74) is 0. The molecule has 0 heterocycles. The monoisotopic (exact) mass is 223 g/mol. The van der Waals surface area contributed by atoms with Gasteiger partial charge in [-0.05, 0) is 25.8 Å². The van der Waals surface area contributed by atoms with Gasteiger partial charge in [-0.1, -0.05) is 64.0 Å². The molecule has 1 aliphatic rings. The lowest BCUT2D eigenvalue weighted by atomic mass is 10.1. The maximum atomic E-state index is 3.63. The highest BCUT2D eigenvalue weighted by Crippen LogP contribution is 2.10. The van der Waals surface area contributed by atoms with Gasteiger partial charge in [0.25, 0.3) is 0 Å². The molecule has 1 aliphatic carbocycles. The number of hydrogen-bond donors (Lipinski definition) is 1. The molecule has 1 heteroatoms. The summed E-state index contributed by atoms with van der Waals surface area (Å²) in [7, 11) is 0. The second kappa shape index (κ2) is 9.89. The van der Waals surface area contributed by atoms with Crippen LogP contribution in [0, 0.1) is 0 Å². The lowest BCUT2D eigenvalue weighted by molar-refractivity contribution is 0.503. The topological polar surface area (TPSA) is 12.0 Å². The van der Waals surface area contributed by atoms with Crippen LogP contribution in [0.5, 0.6) is 0 Å². The fraction of sp³-hybridized carbons (Fsp3) is 0.867. The van der Waals surface area contributed by atoms with Crippen molar-refractivity contribution >= 4 is 0 Å². The first-order valence-corrected chi connectivity index (χ1v) is 7.32. The zero-order valence-corrected chi connectivity index (χ0v) is 11.0. The predicted molar refractivity (Wildman–Crippen MR) is 72.8 cm³/mol. The third-order valence-electron chi connectivity index (χ3n) is 3.47. The molecule has 1 N–H and O–H groups in total. The Labute approximate surface area is 102 Å². The average Bonchev–Trinajstić information content (AvgIpc) is 2.80. The van der Waals surface area contributed by atoms with Crippen LogP contribution in [0.25, 0.3) is 0 Å². The molecule has 0 radical (unpaired) electrons. The van der Waals surface area contributed by atoms with Gasteiger partial charge in [0.2, 0.25) is 0 Å². The van der Waals surface area contributed by atoms with Crippen molar-refractivity contribution in [2.75, 3.05) is 6.54 Å². The van der Waals surface area contributed by atoms with Gasteiger partial charge in [0.1, 0.15) is 0 Å². The quantitative estimate of drug-likeness (QED) is 0.426. The van der Waals surface area contributed by atoms with Gasteiger partial charge in [0.05, 0.1) is 0 Å². The minimum absolute atomic E-state index is 0.754. The SMILES string of the molecule is CCCCCCCCCCNC1CC=CC1. The van der Waals surface area contributed by atoms with Crippen molar-refractivity contribution in [3.05, 3.63) is 12.2 Å². The second-order valence-corrected chi connectivity index (χ2v) is 5.07. The summed E-state index contributed by atoms with van der Waals surface area (Å²) in [5, 5.41) is 3.63. The van der Waals surface area contributed by atoms with Crippen molar-refractivity contribution in [1.29, 1.82) is 0 Å². The molecule has 0 saturated carbocycles. The van der Waals surface area contributed by atoms with Gasteiger partial charge < -0.3 is 5.32 Å². The Bertz CT molecular complexity index is 166. The molecule has 0 atom stereocenters. The van der Waals surface area contributed by atoms with Gasteiger partial charge >= 0.3 is 0 Å². The van der Waals surface area contributed by atoms with Gasteiger partial charge in [0.15, 0.2) is 0 Å². The van der Waals surface area contributed by atoms with Gasteiger partial charge in [-0.25, -0.2) is 0 Å². The van der Waals surface area contributed by atoms with Crippen LogP contribution in [-0.2, 0) is 0 Å². The third kappa shape index (κ3) is 7.05. The van der Waals surface area contributed by atoms with Crippen LogP contribution in [-0.4, -0.2) is 12.6 Å².